The molecule has 0 fully saturated rings. The van der Waals surface area contributed by atoms with Crippen LogP contribution >= 0.6 is 11.8 Å². The third-order valence-electron chi connectivity index (χ3n) is 4.20. The fourth-order valence-corrected chi connectivity index (χ4v) is 3.19. The fraction of sp³-hybridized carbons (Fsp3) is 0.444. The van der Waals surface area contributed by atoms with Crippen LogP contribution in [0.4, 0.5) is 4.39 Å². The Labute approximate surface area is 162 Å². The van der Waals surface area contributed by atoms with Gasteiger partial charge >= 0.3 is 0 Å². The second-order valence-electron chi connectivity index (χ2n) is 6.30. The standard InChI is InChI=1S/C18H23FN6OS/c1-13(23(2)3)17-21-22-18(25(17)15-8-6-14(19)7-9-15)27-12-16(26)24(4)11-5-10-20/h6-9,13H,5,11-12H2,1-4H3/t13-/m0/s1. The van der Waals surface area contributed by atoms with Crippen LogP contribution in [0.3, 0.4) is 0 Å². The zero-order valence-electron chi connectivity index (χ0n) is 15.9. The maximum atomic E-state index is 13.3. The average Bonchev–Trinajstić information content (AvgIpc) is 3.07. The first-order chi connectivity index (χ1) is 12.8. The van der Waals surface area contributed by atoms with Gasteiger partial charge in [0.2, 0.25) is 5.91 Å². The van der Waals surface area contributed by atoms with Crippen LogP contribution in [0.25, 0.3) is 5.69 Å². The van der Waals surface area contributed by atoms with E-state index >= 15 is 0 Å². The highest BCUT2D eigenvalue weighted by Gasteiger charge is 2.22. The van der Waals surface area contributed by atoms with Crippen molar-refractivity contribution >= 4 is 17.7 Å². The van der Waals surface area contributed by atoms with Crippen molar-refractivity contribution in [3.05, 3.63) is 35.9 Å². The summed E-state index contributed by atoms with van der Waals surface area (Å²) in [7, 11) is 5.55. The van der Waals surface area contributed by atoms with Crippen LogP contribution in [-0.4, -0.2) is 63.9 Å². The lowest BCUT2D eigenvalue weighted by Crippen LogP contribution is -2.29. The number of amides is 1. The maximum absolute atomic E-state index is 13.3. The molecule has 1 atom stereocenters. The number of thioether (sulfide) groups is 1. The lowest BCUT2D eigenvalue weighted by atomic mass is 10.2. The van der Waals surface area contributed by atoms with Gasteiger partial charge in [-0.15, -0.1) is 10.2 Å². The molecule has 7 nitrogen and oxygen atoms in total. The number of halogens is 1. The van der Waals surface area contributed by atoms with Crippen molar-refractivity contribution in [2.75, 3.05) is 33.4 Å². The Morgan fingerprint density at radius 3 is 2.56 bits per heavy atom. The van der Waals surface area contributed by atoms with Crippen LogP contribution in [0.2, 0.25) is 0 Å². The van der Waals surface area contributed by atoms with E-state index in [0.717, 1.165) is 5.69 Å². The molecule has 2 rings (SSSR count). The van der Waals surface area contributed by atoms with Crippen LogP contribution in [0.1, 0.15) is 25.2 Å². The molecule has 1 aromatic heterocycles. The largest absolute Gasteiger partial charge is 0.344 e. The van der Waals surface area contributed by atoms with Crippen LogP contribution in [0.5, 0.6) is 0 Å². The Balaban J connectivity index is 2.27. The molecule has 1 heterocycles. The van der Waals surface area contributed by atoms with Gasteiger partial charge in [-0.2, -0.15) is 5.26 Å². The normalized spacial score (nSPS) is 12.0. The smallest absolute Gasteiger partial charge is 0.232 e. The van der Waals surface area contributed by atoms with E-state index in [0.29, 0.717) is 23.9 Å². The molecular weight excluding hydrogens is 367 g/mol. The van der Waals surface area contributed by atoms with E-state index in [1.165, 1.54) is 28.8 Å². The lowest BCUT2D eigenvalue weighted by Gasteiger charge is -2.20. The fourth-order valence-electron chi connectivity index (χ4n) is 2.29. The molecule has 2 aromatic rings. The maximum Gasteiger partial charge on any atom is 0.232 e. The van der Waals surface area contributed by atoms with Crippen molar-refractivity contribution in [2.24, 2.45) is 0 Å². The van der Waals surface area contributed by atoms with E-state index in [1.807, 2.05) is 36.6 Å². The monoisotopic (exact) mass is 390 g/mol. The molecule has 0 aliphatic heterocycles. The van der Waals surface area contributed by atoms with E-state index in [-0.39, 0.29) is 23.5 Å². The number of carbonyl (C=O) groups is 1. The summed E-state index contributed by atoms with van der Waals surface area (Å²) in [5, 5.41) is 17.7. The van der Waals surface area contributed by atoms with Gasteiger partial charge < -0.3 is 4.90 Å². The van der Waals surface area contributed by atoms with Crippen molar-refractivity contribution in [3.8, 4) is 11.8 Å². The molecule has 0 spiro atoms. The molecule has 0 unspecified atom stereocenters. The summed E-state index contributed by atoms with van der Waals surface area (Å²) in [5.74, 6) is 0.473. The third-order valence-corrected chi connectivity index (χ3v) is 5.11. The zero-order valence-corrected chi connectivity index (χ0v) is 16.7. The molecule has 0 aliphatic carbocycles. The van der Waals surface area contributed by atoms with Gasteiger partial charge in [0, 0.05) is 19.3 Å². The Morgan fingerprint density at radius 1 is 1.30 bits per heavy atom. The first-order valence-corrected chi connectivity index (χ1v) is 9.45. The average molecular weight is 390 g/mol. The van der Waals surface area contributed by atoms with Crippen LogP contribution < -0.4 is 0 Å². The number of nitriles is 1. The highest BCUT2D eigenvalue weighted by molar-refractivity contribution is 7.99. The minimum atomic E-state index is -0.322. The first-order valence-electron chi connectivity index (χ1n) is 8.46. The lowest BCUT2D eigenvalue weighted by molar-refractivity contribution is -0.127. The van der Waals surface area contributed by atoms with Crippen molar-refractivity contribution in [3.63, 3.8) is 0 Å². The summed E-state index contributed by atoms with van der Waals surface area (Å²) in [6, 6.07) is 8.10. The van der Waals surface area contributed by atoms with E-state index < -0.39 is 0 Å². The molecule has 144 valence electrons. The Hall–Kier alpha value is -2.44. The third kappa shape index (κ3) is 5.28. The summed E-state index contributed by atoms with van der Waals surface area (Å²) in [5.41, 5.74) is 0.734. The molecule has 0 bridgehead atoms. The number of hydrogen-bond donors (Lipinski definition) is 0. The van der Waals surface area contributed by atoms with Crippen molar-refractivity contribution in [1.82, 2.24) is 24.6 Å². The molecule has 27 heavy (non-hydrogen) atoms. The van der Waals surface area contributed by atoms with E-state index in [1.54, 1.807) is 19.2 Å². The number of benzene rings is 1. The van der Waals surface area contributed by atoms with Crippen molar-refractivity contribution in [1.29, 1.82) is 5.26 Å². The summed E-state index contributed by atoms with van der Waals surface area (Å²) in [6.07, 6.45) is 0.295. The predicted octanol–water partition coefficient (Wildman–Crippen LogP) is 2.49. The quantitative estimate of drug-likeness (QED) is 0.645. The first kappa shape index (κ1) is 20.9. The van der Waals surface area contributed by atoms with Crippen LogP contribution in [-0.2, 0) is 4.79 Å². The van der Waals surface area contributed by atoms with Crippen LogP contribution in [0.15, 0.2) is 29.4 Å². The van der Waals surface area contributed by atoms with Gasteiger partial charge in [-0.05, 0) is 45.3 Å². The second kappa shape index (κ2) is 9.48. The van der Waals surface area contributed by atoms with Gasteiger partial charge in [0.1, 0.15) is 5.82 Å². The van der Waals surface area contributed by atoms with E-state index in [2.05, 4.69) is 10.2 Å². The number of rotatable bonds is 8. The van der Waals surface area contributed by atoms with E-state index in [9.17, 15) is 9.18 Å². The number of hydrogen-bond acceptors (Lipinski definition) is 6. The predicted molar refractivity (Wildman–Crippen MR) is 102 cm³/mol. The van der Waals surface area contributed by atoms with Crippen molar-refractivity contribution < 1.29 is 9.18 Å². The summed E-state index contributed by atoms with van der Waals surface area (Å²) >= 11 is 1.27. The Morgan fingerprint density at radius 2 is 1.96 bits per heavy atom. The van der Waals surface area contributed by atoms with Gasteiger partial charge in [-0.3, -0.25) is 14.3 Å². The molecule has 0 aliphatic rings. The topological polar surface area (TPSA) is 78.0 Å². The number of aromatic nitrogens is 3. The van der Waals surface area contributed by atoms with Crippen molar-refractivity contribution in [2.45, 2.75) is 24.5 Å². The van der Waals surface area contributed by atoms with Gasteiger partial charge in [-0.25, -0.2) is 4.39 Å². The summed E-state index contributed by atoms with van der Waals surface area (Å²) < 4.78 is 15.2. The molecule has 1 amide bonds. The molecule has 0 radical (unpaired) electrons. The summed E-state index contributed by atoms with van der Waals surface area (Å²) in [6.45, 7) is 2.39. The SMILES string of the molecule is C[C@@H](c1nnc(SCC(=O)N(C)CCC#N)n1-c1ccc(F)cc1)N(C)C. The van der Waals surface area contributed by atoms with Crippen LogP contribution in [0, 0.1) is 17.1 Å². The second-order valence-corrected chi connectivity index (χ2v) is 7.25. The van der Waals surface area contributed by atoms with E-state index in [4.69, 9.17) is 5.26 Å². The molecule has 9 heteroatoms. The summed E-state index contributed by atoms with van der Waals surface area (Å²) in [4.78, 5) is 15.8. The highest BCUT2D eigenvalue weighted by atomic mass is 32.2. The zero-order chi connectivity index (χ0) is 20.0. The van der Waals surface area contributed by atoms with Gasteiger partial charge in [0.25, 0.3) is 0 Å². The van der Waals surface area contributed by atoms with Gasteiger partial charge in [-0.1, -0.05) is 11.8 Å². The van der Waals surface area contributed by atoms with Gasteiger partial charge in [0.05, 0.1) is 24.3 Å². The minimum Gasteiger partial charge on any atom is -0.344 e. The Kier molecular flexibility index (Phi) is 7.33. The minimum absolute atomic E-state index is 0.0223. The number of carbonyl (C=O) groups excluding carboxylic acids is 1. The molecule has 0 saturated heterocycles. The highest BCUT2D eigenvalue weighted by Crippen LogP contribution is 2.27. The Bertz CT molecular complexity index is 814. The molecular formula is C18H23FN6OS. The molecule has 0 saturated carbocycles. The number of nitrogens with zero attached hydrogens (tertiary/aromatic N) is 6. The molecule has 0 N–H and O–H groups in total. The van der Waals surface area contributed by atoms with Gasteiger partial charge in [0.15, 0.2) is 11.0 Å². The molecule has 1 aromatic carbocycles.